The zero-order valence-corrected chi connectivity index (χ0v) is 8.24. The minimum Gasteiger partial charge on any atom is -0.506 e. The lowest BCUT2D eigenvalue weighted by atomic mass is 10.1. The molecule has 0 heterocycles. The Morgan fingerprint density at radius 2 is 1.93 bits per heavy atom. The first-order valence-corrected chi connectivity index (χ1v) is 5.21. The fourth-order valence-electron chi connectivity index (χ4n) is 1.09. The molecular formula is C8H10O5S. The van der Waals surface area contributed by atoms with E-state index in [1.165, 1.54) is 6.07 Å². The van der Waals surface area contributed by atoms with Gasteiger partial charge < -0.3 is 10.2 Å². The summed E-state index contributed by atoms with van der Waals surface area (Å²) >= 11 is 0. The number of rotatable bonds is 2. The Hall–Kier alpha value is -1.11. The molecule has 1 aromatic carbocycles. The van der Waals surface area contributed by atoms with Crippen LogP contribution >= 0.6 is 0 Å². The second kappa shape index (κ2) is 3.56. The summed E-state index contributed by atoms with van der Waals surface area (Å²) in [5.41, 5.74) is 0.896. The third-order valence-corrected chi connectivity index (χ3v) is 2.75. The van der Waals surface area contributed by atoms with Gasteiger partial charge in [-0.05, 0) is 30.2 Å². The Labute approximate surface area is 81.4 Å². The second-order valence-electron chi connectivity index (χ2n) is 2.88. The molecule has 0 unspecified atom stereocenters. The molecule has 0 amide bonds. The number of aliphatic hydroxyl groups is 1. The van der Waals surface area contributed by atoms with Gasteiger partial charge in [0.05, 0.1) is 6.61 Å². The van der Waals surface area contributed by atoms with Gasteiger partial charge in [-0.2, -0.15) is 8.42 Å². The Morgan fingerprint density at radius 3 is 2.36 bits per heavy atom. The summed E-state index contributed by atoms with van der Waals surface area (Å²) in [6.45, 7) is 1.26. The molecule has 0 aliphatic rings. The van der Waals surface area contributed by atoms with Gasteiger partial charge in [0.25, 0.3) is 10.1 Å². The van der Waals surface area contributed by atoms with E-state index in [-0.39, 0.29) is 6.61 Å². The molecule has 0 spiro atoms. The van der Waals surface area contributed by atoms with Crippen molar-refractivity contribution >= 4 is 10.1 Å². The van der Waals surface area contributed by atoms with Gasteiger partial charge in [0.2, 0.25) is 0 Å². The summed E-state index contributed by atoms with van der Waals surface area (Å²) in [6, 6.07) is 2.22. The van der Waals surface area contributed by atoms with E-state index in [0.29, 0.717) is 11.1 Å². The zero-order chi connectivity index (χ0) is 10.9. The maximum absolute atomic E-state index is 10.7. The van der Waals surface area contributed by atoms with E-state index in [2.05, 4.69) is 0 Å². The number of hydrogen-bond acceptors (Lipinski definition) is 4. The highest BCUT2D eigenvalue weighted by Crippen LogP contribution is 2.26. The van der Waals surface area contributed by atoms with Crippen LogP contribution in [0, 0.1) is 6.92 Å². The Balaban J connectivity index is 3.47. The van der Waals surface area contributed by atoms with Crippen molar-refractivity contribution in [3.05, 3.63) is 23.3 Å². The lowest BCUT2D eigenvalue weighted by Gasteiger charge is -2.06. The first-order valence-electron chi connectivity index (χ1n) is 3.77. The summed E-state index contributed by atoms with van der Waals surface area (Å²) in [5, 5.41) is 18.1. The van der Waals surface area contributed by atoms with Crippen molar-refractivity contribution in [1.29, 1.82) is 0 Å². The predicted molar refractivity (Wildman–Crippen MR) is 48.6 cm³/mol. The van der Waals surface area contributed by atoms with Crippen LogP contribution in [-0.4, -0.2) is 23.2 Å². The highest BCUT2D eigenvalue weighted by atomic mass is 32.2. The molecule has 1 aromatic rings. The van der Waals surface area contributed by atoms with Crippen molar-refractivity contribution in [3.8, 4) is 5.75 Å². The van der Waals surface area contributed by atoms with Gasteiger partial charge in [-0.1, -0.05) is 0 Å². The van der Waals surface area contributed by atoms with Gasteiger partial charge in [-0.25, -0.2) is 0 Å². The first kappa shape index (κ1) is 11.0. The summed E-state index contributed by atoms with van der Waals surface area (Å²) in [4.78, 5) is -0.591. The fraction of sp³-hybridized carbons (Fsp3) is 0.250. The third kappa shape index (κ3) is 2.03. The minimum atomic E-state index is -4.44. The van der Waals surface area contributed by atoms with Crippen LogP contribution < -0.4 is 0 Å². The average Bonchev–Trinajstić information content (AvgIpc) is 2.02. The van der Waals surface area contributed by atoms with Crippen molar-refractivity contribution in [2.24, 2.45) is 0 Å². The van der Waals surface area contributed by atoms with E-state index in [0.717, 1.165) is 6.07 Å². The van der Waals surface area contributed by atoms with Crippen LogP contribution in [0.2, 0.25) is 0 Å². The molecule has 0 aliphatic heterocycles. The summed E-state index contributed by atoms with van der Waals surface area (Å²) in [6.07, 6.45) is 0. The van der Waals surface area contributed by atoms with Crippen LogP contribution in [0.1, 0.15) is 11.1 Å². The summed E-state index contributed by atoms with van der Waals surface area (Å²) < 4.78 is 30.2. The minimum absolute atomic E-state index is 0.343. The Bertz CT molecular complexity index is 449. The number of phenols is 1. The molecule has 0 bridgehead atoms. The van der Waals surface area contributed by atoms with E-state index in [1.54, 1.807) is 6.92 Å². The van der Waals surface area contributed by atoms with E-state index < -0.39 is 20.8 Å². The standard InChI is InChI=1S/C8H10O5S/c1-5-2-7(10)8(14(11,12)13)3-6(5)4-9/h2-3,9-10H,4H2,1H3,(H,11,12,13). The van der Waals surface area contributed by atoms with Crippen LogP contribution in [0.15, 0.2) is 17.0 Å². The molecule has 0 saturated heterocycles. The van der Waals surface area contributed by atoms with Crippen LogP contribution in [0.5, 0.6) is 5.75 Å². The second-order valence-corrected chi connectivity index (χ2v) is 4.27. The van der Waals surface area contributed by atoms with E-state index in [4.69, 9.17) is 9.66 Å². The zero-order valence-electron chi connectivity index (χ0n) is 7.43. The molecule has 0 aromatic heterocycles. The summed E-state index contributed by atoms with van der Waals surface area (Å²) in [7, 11) is -4.44. The molecule has 78 valence electrons. The highest BCUT2D eigenvalue weighted by Gasteiger charge is 2.17. The smallest absolute Gasteiger partial charge is 0.298 e. The molecule has 6 heteroatoms. The topological polar surface area (TPSA) is 94.8 Å². The van der Waals surface area contributed by atoms with Crippen LogP contribution in [0.3, 0.4) is 0 Å². The van der Waals surface area contributed by atoms with Crippen LogP contribution in [0.4, 0.5) is 0 Å². The van der Waals surface area contributed by atoms with Gasteiger partial charge in [0, 0.05) is 0 Å². The number of benzene rings is 1. The van der Waals surface area contributed by atoms with Crippen molar-refractivity contribution in [3.63, 3.8) is 0 Å². The van der Waals surface area contributed by atoms with Gasteiger partial charge in [-0.3, -0.25) is 4.55 Å². The lowest BCUT2D eigenvalue weighted by molar-refractivity contribution is 0.280. The molecule has 0 radical (unpaired) electrons. The van der Waals surface area contributed by atoms with Gasteiger partial charge in [0.15, 0.2) is 0 Å². The van der Waals surface area contributed by atoms with Crippen molar-refractivity contribution in [2.75, 3.05) is 0 Å². The van der Waals surface area contributed by atoms with E-state index >= 15 is 0 Å². The quantitative estimate of drug-likeness (QED) is 0.626. The number of aryl methyl sites for hydroxylation is 1. The summed E-state index contributed by atoms with van der Waals surface area (Å²) in [5.74, 6) is -0.526. The molecule has 5 nitrogen and oxygen atoms in total. The van der Waals surface area contributed by atoms with Crippen molar-refractivity contribution in [1.82, 2.24) is 0 Å². The monoisotopic (exact) mass is 218 g/mol. The molecular weight excluding hydrogens is 208 g/mol. The van der Waals surface area contributed by atoms with Gasteiger partial charge in [-0.15, -0.1) is 0 Å². The first-order chi connectivity index (χ1) is 6.36. The highest BCUT2D eigenvalue weighted by molar-refractivity contribution is 7.86. The largest absolute Gasteiger partial charge is 0.506 e. The molecule has 0 saturated carbocycles. The molecule has 3 N–H and O–H groups in total. The SMILES string of the molecule is Cc1cc(O)c(S(=O)(=O)O)cc1CO. The maximum atomic E-state index is 10.7. The maximum Gasteiger partial charge on any atom is 0.298 e. The molecule has 0 aliphatic carbocycles. The number of aliphatic hydroxyl groups excluding tert-OH is 1. The van der Waals surface area contributed by atoms with Gasteiger partial charge in [0.1, 0.15) is 10.6 Å². The molecule has 14 heavy (non-hydrogen) atoms. The van der Waals surface area contributed by atoms with Gasteiger partial charge >= 0.3 is 0 Å². The number of aromatic hydroxyl groups is 1. The Morgan fingerprint density at radius 1 is 1.36 bits per heavy atom. The average molecular weight is 218 g/mol. The van der Waals surface area contributed by atoms with Crippen LogP contribution in [0.25, 0.3) is 0 Å². The molecule has 0 fully saturated rings. The number of hydrogen-bond donors (Lipinski definition) is 3. The normalized spacial score (nSPS) is 11.6. The van der Waals surface area contributed by atoms with Crippen molar-refractivity contribution in [2.45, 2.75) is 18.4 Å². The third-order valence-electron chi connectivity index (χ3n) is 1.87. The Kier molecular flexibility index (Phi) is 2.79. The lowest BCUT2D eigenvalue weighted by Crippen LogP contribution is -2.01. The number of phenolic OH excluding ortho intramolecular Hbond substituents is 1. The fourth-order valence-corrected chi connectivity index (χ4v) is 1.71. The molecule has 1 rings (SSSR count). The van der Waals surface area contributed by atoms with E-state index in [9.17, 15) is 13.5 Å². The van der Waals surface area contributed by atoms with Crippen molar-refractivity contribution < 1.29 is 23.2 Å². The van der Waals surface area contributed by atoms with Crippen LogP contribution in [-0.2, 0) is 16.7 Å². The molecule has 0 atom stereocenters. The van der Waals surface area contributed by atoms with E-state index in [1.807, 2.05) is 0 Å². The predicted octanol–water partition coefficient (Wildman–Crippen LogP) is 0.440.